The molecule has 0 aliphatic rings. The van der Waals surface area contributed by atoms with Gasteiger partial charge in [0.15, 0.2) is 5.96 Å². The number of fused-ring (bicyclic) bond motifs is 1. The Labute approximate surface area is 184 Å². The lowest BCUT2D eigenvalue weighted by Crippen LogP contribution is -2.38. The fourth-order valence-corrected chi connectivity index (χ4v) is 3.57. The lowest BCUT2D eigenvalue weighted by atomic mass is 10.1. The Morgan fingerprint density at radius 2 is 2.00 bits per heavy atom. The Kier molecular flexibility index (Phi) is 7.91. The van der Waals surface area contributed by atoms with Crippen LogP contribution in [0.1, 0.15) is 36.6 Å². The number of hydrogen-bond acceptors (Lipinski definition) is 3. The molecule has 0 bridgehead atoms. The van der Waals surface area contributed by atoms with Crippen LogP contribution >= 0.6 is 24.0 Å². The Balaban J connectivity index is 0.00000280. The fraction of sp³-hybridized carbons (Fsp3) is 0.429. The van der Waals surface area contributed by atoms with Crippen molar-refractivity contribution in [3.63, 3.8) is 0 Å². The maximum absolute atomic E-state index is 5.93. The third kappa shape index (κ3) is 4.68. The first-order valence-electron chi connectivity index (χ1n) is 9.50. The molecule has 0 fully saturated rings. The molecule has 28 heavy (non-hydrogen) atoms. The molecule has 0 spiro atoms. The predicted octanol–water partition coefficient (Wildman–Crippen LogP) is 4.12. The fourth-order valence-electron chi connectivity index (χ4n) is 3.57. The maximum atomic E-state index is 5.93. The van der Waals surface area contributed by atoms with E-state index in [1.54, 1.807) is 0 Å². The molecule has 3 aromatic rings. The summed E-state index contributed by atoms with van der Waals surface area (Å²) in [6, 6.07) is 10.2. The number of nitrogens with zero attached hydrogens (tertiary/aromatic N) is 4. The van der Waals surface area contributed by atoms with Gasteiger partial charge in [-0.05, 0) is 25.0 Å². The van der Waals surface area contributed by atoms with Gasteiger partial charge in [-0.3, -0.25) is 9.67 Å². The standard InChI is InChI=1S/C21H29N5O.HI/c1-6-18-17(19(7-2)26(5)24-18)13-23-21(22-3)25(4)14-16-12-15-10-8-9-11-20(15)27-16;/h8-12H,6-7,13-14H2,1-5H3,(H,22,23);1H. The molecule has 3 rings (SSSR count). The smallest absolute Gasteiger partial charge is 0.194 e. The summed E-state index contributed by atoms with van der Waals surface area (Å²) in [5.74, 6) is 1.76. The molecule has 0 radical (unpaired) electrons. The van der Waals surface area contributed by atoms with Crippen LogP contribution in [0, 0.1) is 0 Å². The van der Waals surface area contributed by atoms with Crippen molar-refractivity contribution in [2.24, 2.45) is 12.0 Å². The molecule has 0 aliphatic carbocycles. The number of halogens is 1. The van der Waals surface area contributed by atoms with Crippen LogP contribution in [-0.2, 0) is 33.0 Å². The third-order valence-corrected chi connectivity index (χ3v) is 4.89. The molecule has 0 atom stereocenters. The van der Waals surface area contributed by atoms with Crippen LogP contribution in [0.15, 0.2) is 39.7 Å². The number of furan rings is 1. The van der Waals surface area contributed by atoms with Gasteiger partial charge in [0.25, 0.3) is 0 Å². The first-order valence-corrected chi connectivity index (χ1v) is 9.50. The Morgan fingerprint density at radius 1 is 1.25 bits per heavy atom. The van der Waals surface area contributed by atoms with Crippen LogP contribution < -0.4 is 5.32 Å². The monoisotopic (exact) mass is 495 g/mol. The van der Waals surface area contributed by atoms with Crippen LogP contribution in [0.4, 0.5) is 0 Å². The molecule has 0 unspecified atom stereocenters. The van der Waals surface area contributed by atoms with Gasteiger partial charge in [-0.25, -0.2) is 0 Å². The van der Waals surface area contributed by atoms with Crippen LogP contribution in [0.5, 0.6) is 0 Å². The molecule has 7 heteroatoms. The minimum Gasteiger partial charge on any atom is -0.459 e. The Morgan fingerprint density at radius 3 is 2.64 bits per heavy atom. The highest BCUT2D eigenvalue weighted by Gasteiger charge is 2.15. The van der Waals surface area contributed by atoms with Crippen molar-refractivity contribution in [1.29, 1.82) is 0 Å². The maximum Gasteiger partial charge on any atom is 0.194 e. The van der Waals surface area contributed by atoms with E-state index in [0.717, 1.165) is 47.8 Å². The number of nitrogens with one attached hydrogen (secondary N) is 1. The van der Waals surface area contributed by atoms with Crippen molar-refractivity contribution in [1.82, 2.24) is 20.0 Å². The van der Waals surface area contributed by atoms with Gasteiger partial charge in [0, 0.05) is 44.3 Å². The van der Waals surface area contributed by atoms with Crippen molar-refractivity contribution < 1.29 is 4.42 Å². The molecule has 0 aliphatic heterocycles. The zero-order valence-corrected chi connectivity index (χ0v) is 19.7. The van der Waals surface area contributed by atoms with Gasteiger partial charge in [-0.1, -0.05) is 32.0 Å². The van der Waals surface area contributed by atoms with Crippen molar-refractivity contribution in [2.45, 2.75) is 39.8 Å². The topological polar surface area (TPSA) is 58.6 Å². The Hall–Kier alpha value is -2.03. The van der Waals surface area contributed by atoms with Crippen LogP contribution in [0.25, 0.3) is 11.0 Å². The van der Waals surface area contributed by atoms with Crippen molar-refractivity contribution in [3.05, 3.63) is 53.0 Å². The first kappa shape index (κ1) is 22.3. The van der Waals surface area contributed by atoms with Crippen LogP contribution in [-0.4, -0.2) is 34.7 Å². The predicted molar refractivity (Wildman–Crippen MR) is 125 cm³/mol. The molecular weight excluding hydrogens is 465 g/mol. The van der Waals surface area contributed by atoms with Gasteiger partial charge >= 0.3 is 0 Å². The number of para-hydroxylation sites is 1. The summed E-state index contributed by atoms with van der Waals surface area (Å²) < 4.78 is 7.93. The highest BCUT2D eigenvalue weighted by molar-refractivity contribution is 14.0. The second-order valence-corrected chi connectivity index (χ2v) is 6.71. The molecule has 0 saturated carbocycles. The normalized spacial score (nSPS) is 11.5. The zero-order valence-electron chi connectivity index (χ0n) is 17.3. The van der Waals surface area contributed by atoms with E-state index >= 15 is 0 Å². The van der Waals surface area contributed by atoms with Gasteiger partial charge in [0.2, 0.25) is 0 Å². The summed E-state index contributed by atoms with van der Waals surface area (Å²) in [5.41, 5.74) is 4.62. The van der Waals surface area contributed by atoms with Gasteiger partial charge in [0.1, 0.15) is 11.3 Å². The lowest BCUT2D eigenvalue weighted by molar-refractivity contribution is 0.412. The first-order chi connectivity index (χ1) is 13.1. The summed E-state index contributed by atoms with van der Waals surface area (Å²) in [4.78, 5) is 6.51. The molecule has 2 heterocycles. The quantitative estimate of drug-likeness (QED) is 0.318. The van der Waals surface area contributed by atoms with Gasteiger partial charge < -0.3 is 14.6 Å². The summed E-state index contributed by atoms with van der Waals surface area (Å²) in [6.45, 7) is 5.69. The van der Waals surface area contributed by atoms with Crippen LogP contribution in [0.3, 0.4) is 0 Å². The summed E-state index contributed by atoms with van der Waals surface area (Å²) in [7, 11) is 5.85. The van der Waals surface area contributed by atoms with Gasteiger partial charge in [0.05, 0.1) is 12.2 Å². The molecular formula is C21H30IN5O. The summed E-state index contributed by atoms with van der Waals surface area (Å²) in [6.07, 6.45) is 1.90. The van der Waals surface area contributed by atoms with E-state index in [9.17, 15) is 0 Å². The molecule has 6 nitrogen and oxygen atoms in total. The molecule has 152 valence electrons. The second-order valence-electron chi connectivity index (χ2n) is 6.71. The van der Waals surface area contributed by atoms with E-state index in [2.05, 4.69) is 46.3 Å². The summed E-state index contributed by atoms with van der Waals surface area (Å²) >= 11 is 0. The van der Waals surface area contributed by atoms with Crippen molar-refractivity contribution in [3.8, 4) is 0 Å². The van der Waals surface area contributed by atoms with Gasteiger partial charge in [-0.2, -0.15) is 5.10 Å². The average Bonchev–Trinajstić information content (AvgIpc) is 3.21. The highest BCUT2D eigenvalue weighted by atomic mass is 127. The second kappa shape index (κ2) is 9.95. The van der Waals surface area contributed by atoms with E-state index in [1.807, 2.05) is 44.0 Å². The van der Waals surface area contributed by atoms with E-state index in [-0.39, 0.29) is 24.0 Å². The number of aliphatic imine (C=N–C) groups is 1. The molecule has 0 saturated heterocycles. The number of aryl methyl sites for hydroxylation is 2. The number of rotatable bonds is 6. The van der Waals surface area contributed by atoms with E-state index in [1.165, 1.54) is 11.3 Å². The molecule has 1 N–H and O–H groups in total. The molecule has 2 aromatic heterocycles. The number of hydrogen-bond donors (Lipinski definition) is 1. The largest absolute Gasteiger partial charge is 0.459 e. The third-order valence-electron chi connectivity index (χ3n) is 4.89. The number of aromatic nitrogens is 2. The lowest BCUT2D eigenvalue weighted by Gasteiger charge is -2.21. The van der Waals surface area contributed by atoms with E-state index < -0.39 is 0 Å². The van der Waals surface area contributed by atoms with Gasteiger partial charge in [-0.15, -0.1) is 24.0 Å². The number of benzene rings is 1. The van der Waals surface area contributed by atoms with E-state index in [4.69, 9.17) is 4.42 Å². The van der Waals surface area contributed by atoms with E-state index in [0.29, 0.717) is 6.54 Å². The minimum absolute atomic E-state index is 0. The highest BCUT2D eigenvalue weighted by Crippen LogP contribution is 2.20. The summed E-state index contributed by atoms with van der Waals surface area (Å²) in [5, 5.41) is 9.26. The number of guanidine groups is 1. The average molecular weight is 495 g/mol. The molecule has 0 amide bonds. The van der Waals surface area contributed by atoms with Crippen molar-refractivity contribution in [2.75, 3.05) is 14.1 Å². The molecule has 1 aromatic carbocycles. The SMILES string of the molecule is CCc1nn(C)c(CC)c1CNC(=NC)N(C)Cc1cc2ccccc2o1.I. The zero-order chi connectivity index (χ0) is 19.4. The minimum atomic E-state index is 0. The van der Waals surface area contributed by atoms with Crippen LogP contribution in [0.2, 0.25) is 0 Å². The van der Waals surface area contributed by atoms with Crippen molar-refractivity contribution >= 4 is 40.9 Å². The Bertz CT molecular complexity index is 911.